The Bertz CT molecular complexity index is 875. The first-order chi connectivity index (χ1) is 11.7. The SMILES string of the molecule is Cc1ccc2c(c1)C(=O)N(OS(=O)(=O)C1CC3CC1C(C)C3C)C2=O. The van der Waals surface area contributed by atoms with E-state index in [1.54, 1.807) is 19.1 Å². The highest BCUT2D eigenvalue weighted by molar-refractivity contribution is 7.87. The Hall–Kier alpha value is -1.73. The molecule has 2 fully saturated rings. The number of imide groups is 1. The fourth-order valence-corrected chi connectivity index (χ4v) is 6.49. The highest BCUT2D eigenvalue weighted by atomic mass is 32.2. The number of carbonyl (C=O) groups excluding carboxylic acids is 2. The van der Waals surface area contributed by atoms with Crippen molar-refractivity contribution in [1.29, 1.82) is 0 Å². The minimum Gasteiger partial charge on any atom is -0.266 e. The average Bonchev–Trinajstić information content (AvgIpc) is 3.18. The summed E-state index contributed by atoms with van der Waals surface area (Å²) in [7, 11) is -4.04. The van der Waals surface area contributed by atoms with Gasteiger partial charge in [0.25, 0.3) is 21.9 Å². The number of benzene rings is 1. The maximum absolute atomic E-state index is 12.8. The third kappa shape index (κ3) is 2.36. The van der Waals surface area contributed by atoms with Crippen molar-refractivity contribution in [2.75, 3.05) is 0 Å². The van der Waals surface area contributed by atoms with Gasteiger partial charge in [-0.3, -0.25) is 9.59 Å². The van der Waals surface area contributed by atoms with Crippen LogP contribution in [0.1, 0.15) is 53.0 Å². The molecule has 25 heavy (non-hydrogen) atoms. The highest BCUT2D eigenvalue weighted by Gasteiger charge is 2.55. The van der Waals surface area contributed by atoms with E-state index < -0.39 is 27.2 Å². The monoisotopic (exact) mass is 363 g/mol. The number of fused-ring (bicyclic) bond motifs is 3. The Morgan fingerprint density at radius 3 is 2.36 bits per heavy atom. The van der Waals surface area contributed by atoms with E-state index in [1.807, 2.05) is 0 Å². The van der Waals surface area contributed by atoms with Gasteiger partial charge in [0, 0.05) is 0 Å². The van der Waals surface area contributed by atoms with Gasteiger partial charge in [-0.1, -0.05) is 25.5 Å². The molecule has 1 aromatic rings. The number of hydrogen-bond donors (Lipinski definition) is 0. The van der Waals surface area contributed by atoms with Crippen LogP contribution in [-0.2, 0) is 14.4 Å². The smallest absolute Gasteiger partial charge is 0.266 e. The topological polar surface area (TPSA) is 80.8 Å². The predicted molar refractivity (Wildman–Crippen MR) is 90.0 cm³/mol. The summed E-state index contributed by atoms with van der Waals surface area (Å²) in [5.41, 5.74) is 1.19. The van der Waals surface area contributed by atoms with E-state index in [9.17, 15) is 18.0 Å². The molecular formula is C18H21NO5S. The van der Waals surface area contributed by atoms with Gasteiger partial charge in [-0.15, -0.1) is 9.35 Å². The lowest BCUT2D eigenvalue weighted by Gasteiger charge is -2.31. The normalized spacial score (nSPS) is 34.0. The maximum Gasteiger partial charge on any atom is 0.291 e. The standard InChI is InChI=1S/C18H21NO5S/c1-9-4-5-13-15(6-9)18(21)19(17(13)20)24-25(22,23)16-8-12-7-14(16)11(3)10(12)2/h4-6,10-12,14,16H,7-8H2,1-3H3. The van der Waals surface area contributed by atoms with Crippen molar-refractivity contribution in [3.05, 3.63) is 34.9 Å². The minimum absolute atomic E-state index is 0.0300. The summed E-state index contributed by atoms with van der Waals surface area (Å²) in [6.07, 6.45) is 1.41. The number of carbonyl (C=O) groups is 2. The maximum atomic E-state index is 12.8. The van der Waals surface area contributed by atoms with E-state index >= 15 is 0 Å². The van der Waals surface area contributed by atoms with Crippen LogP contribution in [-0.4, -0.2) is 30.5 Å². The van der Waals surface area contributed by atoms with Crippen LogP contribution in [0.4, 0.5) is 0 Å². The molecule has 5 atom stereocenters. The lowest BCUT2D eigenvalue weighted by Crippen LogP contribution is -2.41. The van der Waals surface area contributed by atoms with Crippen LogP contribution in [0.15, 0.2) is 18.2 Å². The van der Waals surface area contributed by atoms with Crippen molar-refractivity contribution in [3.8, 4) is 0 Å². The van der Waals surface area contributed by atoms with Gasteiger partial charge in [0.2, 0.25) is 0 Å². The Morgan fingerprint density at radius 1 is 1.04 bits per heavy atom. The van der Waals surface area contributed by atoms with Crippen molar-refractivity contribution >= 4 is 21.9 Å². The van der Waals surface area contributed by atoms with Crippen LogP contribution in [0.2, 0.25) is 0 Å². The summed E-state index contributed by atoms with van der Waals surface area (Å²) in [5, 5.41) is -0.228. The third-order valence-electron chi connectivity index (χ3n) is 6.39. The largest absolute Gasteiger partial charge is 0.291 e. The van der Waals surface area contributed by atoms with Gasteiger partial charge in [-0.2, -0.15) is 8.42 Å². The molecule has 2 aliphatic carbocycles. The molecule has 3 aliphatic rings. The average molecular weight is 363 g/mol. The molecule has 1 aliphatic heterocycles. The summed E-state index contributed by atoms with van der Waals surface area (Å²) in [4.78, 5) is 24.8. The molecule has 0 radical (unpaired) electrons. The van der Waals surface area contributed by atoms with Crippen LogP contribution >= 0.6 is 0 Å². The number of nitrogens with zero attached hydrogens (tertiary/aromatic N) is 1. The lowest BCUT2D eigenvalue weighted by molar-refractivity contribution is -0.0119. The van der Waals surface area contributed by atoms with E-state index in [-0.39, 0.29) is 17.0 Å². The van der Waals surface area contributed by atoms with Gasteiger partial charge >= 0.3 is 0 Å². The minimum atomic E-state index is -4.04. The highest BCUT2D eigenvalue weighted by Crippen LogP contribution is 2.54. The number of amides is 2. The summed E-state index contributed by atoms with van der Waals surface area (Å²) in [5.74, 6) is -0.230. The van der Waals surface area contributed by atoms with Gasteiger partial charge in [0.1, 0.15) is 0 Å². The zero-order valence-corrected chi connectivity index (χ0v) is 15.2. The van der Waals surface area contributed by atoms with Crippen LogP contribution < -0.4 is 0 Å². The number of hydrogen-bond acceptors (Lipinski definition) is 5. The quantitative estimate of drug-likeness (QED) is 0.771. The van der Waals surface area contributed by atoms with Crippen molar-refractivity contribution in [2.45, 2.75) is 38.9 Å². The predicted octanol–water partition coefficient (Wildman–Crippen LogP) is 2.53. The molecule has 2 bridgehead atoms. The number of aryl methyl sites for hydroxylation is 1. The van der Waals surface area contributed by atoms with E-state index in [4.69, 9.17) is 4.28 Å². The fraction of sp³-hybridized carbons (Fsp3) is 0.556. The zero-order chi connectivity index (χ0) is 18.1. The van der Waals surface area contributed by atoms with Crippen LogP contribution in [0.25, 0.3) is 0 Å². The third-order valence-corrected chi connectivity index (χ3v) is 8.03. The van der Waals surface area contributed by atoms with Crippen LogP contribution in [0, 0.1) is 30.6 Å². The second-order valence-electron chi connectivity index (χ2n) is 7.67. The molecule has 0 aromatic heterocycles. The lowest BCUT2D eigenvalue weighted by atomic mass is 9.81. The van der Waals surface area contributed by atoms with Crippen molar-refractivity contribution in [1.82, 2.24) is 5.06 Å². The van der Waals surface area contributed by atoms with Crippen molar-refractivity contribution in [2.24, 2.45) is 23.7 Å². The molecule has 7 heteroatoms. The molecule has 6 nitrogen and oxygen atoms in total. The van der Waals surface area contributed by atoms with Gasteiger partial charge in [0.15, 0.2) is 0 Å². The molecular weight excluding hydrogens is 342 g/mol. The second kappa shape index (κ2) is 5.38. The summed E-state index contributed by atoms with van der Waals surface area (Å²) in [6.45, 7) is 6.03. The Balaban J connectivity index is 1.59. The first-order valence-electron chi connectivity index (χ1n) is 8.63. The van der Waals surface area contributed by atoms with Gasteiger partial charge < -0.3 is 0 Å². The summed E-state index contributed by atoms with van der Waals surface area (Å²) >= 11 is 0. The van der Waals surface area contributed by atoms with Gasteiger partial charge in [0.05, 0.1) is 16.4 Å². The van der Waals surface area contributed by atoms with Gasteiger partial charge in [-0.05, 0) is 55.6 Å². The van der Waals surface area contributed by atoms with Crippen LogP contribution in [0.3, 0.4) is 0 Å². The second-order valence-corrected chi connectivity index (χ2v) is 9.41. The summed E-state index contributed by atoms with van der Waals surface area (Å²) in [6, 6.07) is 4.82. The molecule has 1 aromatic carbocycles. The first kappa shape index (κ1) is 16.7. The molecule has 1 heterocycles. The molecule has 2 saturated carbocycles. The van der Waals surface area contributed by atoms with Crippen molar-refractivity contribution in [3.63, 3.8) is 0 Å². The molecule has 0 N–H and O–H groups in total. The Kier molecular flexibility index (Phi) is 3.60. The van der Waals surface area contributed by atoms with Crippen molar-refractivity contribution < 1.29 is 22.3 Å². The molecule has 4 rings (SSSR count). The zero-order valence-electron chi connectivity index (χ0n) is 14.4. The van der Waals surface area contributed by atoms with E-state index in [0.29, 0.717) is 29.2 Å². The molecule has 5 unspecified atom stereocenters. The number of rotatable bonds is 3. The molecule has 0 spiro atoms. The van der Waals surface area contributed by atoms with Crippen LogP contribution in [0.5, 0.6) is 0 Å². The van der Waals surface area contributed by atoms with E-state index in [2.05, 4.69) is 13.8 Å². The van der Waals surface area contributed by atoms with Gasteiger partial charge in [-0.25, -0.2) is 0 Å². The summed E-state index contributed by atoms with van der Waals surface area (Å²) < 4.78 is 30.6. The molecule has 2 amide bonds. The Morgan fingerprint density at radius 2 is 1.72 bits per heavy atom. The molecule has 134 valence electrons. The molecule has 0 saturated heterocycles. The van der Waals surface area contributed by atoms with E-state index in [1.165, 1.54) is 6.07 Å². The first-order valence-corrected chi connectivity index (χ1v) is 10.1. The van der Waals surface area contributed by atoms with E-state index in [0.717, 1.165) is 12.0 Å². The fourth-order valence-electron chi connectivity index (χ4n) is 4.76. The number of hydroxylamine groups is 2. The Labute approximate surface area is 147 Å².